The van der Waals surface area contributed by atoms with Gasteiger partial charge in [0.1, 0.15) is 28.6 Å². The predicted molar refractivity (Wildman–Crippen MR) is 120 cm³/mol. The van der Waals surface area contributed by atoms with Gasteiger partial charge in [0.2, 0.25) is 5.91 Å². The molecule has 0 bridgehead atoms. The number of nitrogens with one attached hydrogen (secondary N) is 1. The highest BCUT2D eigenvalue weighted by Crippen LogP contribution is 2.39. The van der Waals surface area contributed by atoms with Gasteiger partial charge >= 0.3 is 0 Å². The molecule has 162 valence electrons. The fraction of sp³-hybridized carbons (Fsp3) is 0.208. The second-order valence-corrected chi connectivity index (χ2v) is 7.98. The van der Waals surface area contributed by atoms with E-state index in [2.05, 4.69) is 11.9 Å². The van der Waals surface area contributed by atoms with Crippen molar-refractivity contribution < 1.29 is 14.3 Å². The predicted octanol–water partition coefficient (Wildman–Crippen LogP) is 3.05. The molecule has 5 rings (SSSR count). The fourth-order valence-corrected chi connectivity index (χ4v) is 4.45. The number of amides is 2. The number of likely N-dealkylation sites (tertiary alicyclic amines) is 1. The number of fused-ring (bicyclic) bond motifs is 3. The first kappa shape index (κ1) is 19.9. The van der Waals surface area contributed by atoms with Crippen molar-refractivity contribution in [1.29, 1.82) is 0 Å². The maximum atomic E-state index is 12.4. The lowest BCUT2D eigenvalue weighted by Gasteiger charge is -2.27. The van der Waals surface area contributed by atoms with Crippen LogP contribution in [0, 0.1) is 5.92 Å². The Labute approximate surface area is 185 Å². The maximum absolute atomic E-state index is 12.4. The van der Waals surface area contributed by atoms with Gasteiger partial charge in [-0.1, -0.05) is 24.8 Å². The van der Waals surface area contributed by atoms with Crippen LogP contribution in [0.5, 0.6) is 11.5 Å². The number of rotatable bonds is 5. The lowest BCUT2D eigenvalue weighted by Crippen LogP contribution is -2.32. The van der Waals surface area contributed by atoms with Crippen LogP contribution in [0.2, 0.25) is 0 Å². The molecule has 3 heterocycles. The zero-order chi connectivity index (χ0) is 22.2. The molecular weight excluding hydrogens is 406 g/mol. The molecule has 3 N–H and O–H groups in total. The van der Waals surface area contributed by atoms with E-state index in [1.807, 2.05) is 59.3 Å². The number of benzene rings is 2. The Morgan fingerprint density at radius 2 is 1.81 bits per heavy atom. The van der Waals surface area contributed by atoms with Crippen molar-refractivity contribution >= 4 is 17.6 Å². The van der Waals surface area contributed by atoms with Crippen LogP contribution in [-0.2, 0) is 4.79 Å². The molecule has 2 aromatic carbocycles. The van der Waals surface area contributed by atoms with Gasteiger partial charge < -0.3 is 20.7 Å². The number of nitrogens with two attached hydrogens (primary N) is 1. The minimum atomic E-state index is -0.547. The monoisotopic (exact) mass is 429 g/mol. The molecular formula is C24H23N5O3. The Kier molecular flexibility index (Phi) is 4.89. The molecule has 1 saturated heterocycles. The van der Waals surface area contributed by atoms with Gasteiger partial charge in [0.25, 0.3) is 5.91 Å². The number of para-hydroxylation sites is 1. The molecule has 3 aromatic rings. The largest absolute Gasteiger partial charge is 0.457 e. The van der Waals surface area contributed by atoms with E-state index in [-0.39, 0.29) is 17.9 Å². The average molecular weight is 429 g/mol. The summed E-state index contributed by atoms with van der Waals surface area (Å²) in [6.45, 7) is 5.36. The van der Waals surface area contributed by atoms with Gasteiger partial charge in [0.05, 0.1) is 6.04 Å². The first-order valence-electron chi connectivity index (χ1n) is 10.5. The van der Waals surface area contributed by atoms with Crippen molar-refractivity contribution in [3.8, 4) is 22.8 Å². The summed E-state index contributed by atoms with van der Waals surface area (Å²) in [7, 11) is 0. The Hall–Kier alpha value is -4.07. The number of nitrogens with zero attached hydrogens (tertiary/aromatic N) is 3. The number of anilines is 1. The summed E-state index contributed by atoms with van der Waals surface area (Å²) >= 11 is 0. The van der Waals surface area contributed by atoms with Gasteiger partial charge in [-0.3, -0.25) is 9.59 Å². The number of ether oxygens (including phenoxy) is 1. The number of carbonyl (C=O) groups is 2. The van der Waals surface area contributed by atoms with Crippen LogP contribution in [-0.4, -0.2) is 46.1 Å². The fourth-order valence-electron chi connectivity index (χ4n) is 4.45. The summed E-state index contributed by atoms with van der Waals surface area (Å²) < 4.78 is 7.67. The third-order valence-electron chi connectivity index (χ3n) is 6.00. The lowest BCUT2D eigenvalue weighted by molar-refractivity contribution is -0.125. The van der Waals surface area contributed by atoms with Crippen LogP contribution in [0.4, 0.5) is 5.82 Å². The standard InChI is InChI=1S/C24H23N5O3/c1-2-20(30)28-13-16-12-26-24-21(23(25)31)22(27-29(24)19(16)14-28)15-8-10-18(11-9-15)32-17-6-4-3-5-7-17/h2-11,16,19,26H,1,12-14H2,(H2,25,31). The van der Waals surface area contributed by atoms with Gasteiger partial charge in [0.15, 0.2) is 0 Å². The summed E-state index contributed by atoms with van der Waals surface area (Å²) in [5.41, 5.74) is 7.38. The van der Waals surface area contributed by atoms with E-state index in [0.717, 1.165) is 11.3 Å². The number of hydrogen-bond acceptors (Lipinski definition) is 5. The Morgan fingerprint density at radius 3 is 2.50 bits per heavy atom. The average Bonchev–Trinajstić information content (AvgIpc) is 3.41. The summed E-state index contributed by atoms with van der Waals surface area (Å²) in [5, 5.41) is 8.07. The molecule has 1 fully saturated rings. The van der Waals surface area contributed by atoms with E-state index in [1.54, 1.807) is 4.90 Å². The van der Waals surface area contributed by atoms with Gasteiger partial charge in [0, 0.05) is 31.1 Å². The second-order valence-electron chi connectivity index (χ2n) is 7.98. The maximum Gasteiger partial charge on any atom is 0.254 e. The minimum Gasteiger partial charge on any atom is -0.457 e. The number of primary amides is 1. The van der Waals surface area contributed by atoms with E-state index in [0.29, 0.717) is 42.5 Å². The topological polar surface area (TPSA) is 102 Å². The highest BCUT2D eigenvalue weighted by molar-refractivity contribution is 6.04. The molecule has 2 atom stereocenters. The van der Waals surface area contributed by atoms with Gasteiger partial charge in [-0.25, -0.2) is 4.68 Å². The third kappa shape index (κ3) is 3.39. The molecule has 0 spiro atoms. The van der Waals surface area contributed by atoms with Gasteiger partial charge in [-0.2, -0.15) is 5.10 Å². The summed E-state index contributed by atoms with van der Waals surface area (Å²) in [5.74, 6) is 1.57. The lowest BCUT2D eigenvalue weighted by atomic mass is 10.0. The van der Waals surface area contributed by atoms with Crippen LogP contribution in [0.1, 0.15) is 16.4 Å². The molecule has 32 heavy (non-hydrogen) atoms. The molecule has 1 aromatic heterocycles. The second kappa shape index (κ2) is 7.88. The van der Waals surface area contributed by atoms with Crippen LogP contribution >= 0.6 is 0 Å². The molecule has 2 unspecified atom stereocenters. The molecule has 2 aliphatic heterocycles. The van der Waals surface area contributed by atoms with E-state index < -0.39 is 5.91 Å². The van der Waals surface area contributed by atoms with Crippen molar-refractivity contribution in [1.82, 2.24) is 14.7 Å². The van der Waals surface area contributed by atoms with E-state index in [1.165, 1.54) is 6.08 Å². The Morgan fingerprint density at radius 1 is 1.09 bits per heavy atom. The van der Waals surface area contributed by atoms with Crippen LogP contribution in [0.3, 0.4) is 0 Å². The normalized spacial score (nSPS) is 18.9. The third-order valence-corrected chi connectivity index (χ3v) is 6.00. The van der Waals surface area contributed by atoms with E-state index >= 15 is 0 Å². The zero-order valence-electron chi connectivity index (χ0n) is 17.4. The zero-order valence-corrected chi connectivity index (χ0v) is 17.4. The molecule has 2 amide bonds. The van der Waals surface area contributed by atoms with Crippen LogP contribution < -0.4 is 15.8 Å². The summed E-state index contributed by atoms with van der Waals surface area (Å²) in [6.07, 6.45) is 1.33. The molecule has 2 aliphatic rings. The van der Waals surface area contributed by atoms with Crippen molar-refractivity contribution in [2.75, 3.05) is 25.0 Å². The van der Waals surface area contributed by atoms with Crippen LogP contribution in [0.25, 0.3) is 11.3 Å². The number of aromatic nitrogens is 2. The van der Waals surface area contributed by atoms with Crippen molar-refractivity contribution in [3.63, 3.8) is 0 Å². The van der Waals surface area contributed by atoms with E-state index in [4.69, 9.17) is 15.6 Å². The highest BCUT2D eigenvalue weighted by atomic mass is 16.5. The van der Waals surface area contributed by atoms with Crippen molar-refractivity contribution in [2.45, 2.75) is 6.04 Å². The summed E-state index contributed by atoms with van der Waals surface area (Å²) in [6, 6.07) is 16.9. The van der Waals surface area contributed by atoms with E-state index in [9.17, 15) is 9.59 Å². The van der Waals surface area contributed by atoms with Gasteiger partial charge in [-0.05, 0) is 42.5 Å². The van der Waals surface area contributed by atoms with Crippen molar-refractivity contribution in [2.24, 2.45) is 11.7 Å². The van der Waals surface area contributed by atoms with Crippen LogP contribution in [0.15, 0.2) is 67.3 Å². The number of carbonyl (C=O) groups excluding carboxylic acids is 2. The summed E-state index contributed by atoms with van der Waals surface area (Å²) in [4.78, 5) is 26.2. The molecule has 8 nitrogen and oxygen atoms in total. The first-order chi connectivity index (χ1) is 15.5. The SMILES string of the molecule is C=CC(=O)N1CC2CNc3c(C(N)=O)c(-c4ccc(Oc5ccccc5)cc4)nn3C2C1. The smallest absolute Gasteiger partial charge is 0.254 e. The number of hydrogen-bond donors (Lipinski definition) is 2. The first-order valence-corrected chi connectivity index (χ1v) is 10.5. The molecule has 8 heteroatoms. The quantitative estimate of drug-likeness (QED) is 0.607. The van der Waals surface area contributed by atoms with Crippen molar-refractivity contribution in [3.05, 3.63) is 72.8 Å². The Balaban J connectivity index is 1.47. The molecule has 0 radical (unpaired) electrons. The molecule has 0 saturated carbocycles. The molecule has 0 aliphatic carbocycles. The Bertz CT molecular complexity index is 1190. The minimum absolute atomic E-state index is 0.0253. The van der Waals surface area contributed by atoms with Gasteiger partial charge in [-0.15, -0.1) is 0 Å². The highest BCUT2D eigenvalue weighted by Gasteiger charge is 2.41.